The smallest absolute Gasteiger partial charge is 0.287 e. The molecular formula is C20H27N4O3Y-. The van der Waals surface area contributed by atoms with Crippen LogP contribution >= 0.6 is 0 Å². The molecule has 2 aromatic rings. The molecule has 149 valence electrons. The molecule has 0 aliphatic carbocycles. The molecule has 0 fully saturated rings. The van der Waals surface area contributed by atoms with Crippen LogP contribution in [0, 0.1) is 12.5 Å². The first-order chi connectivity index (χ1) is 12.8. The van der Waals surface area contributed by atoms with Crippen molar-refractivity contribution < 1.29 is 42.6 Å². The predicted molar refractivity (Wildman–Crippen MR) is 105 cm³/mol. The molecule has 0 spiro atoms. The quantitative estimate of drug-likeness (QED) is 0.619. The van der Waals surface area contributed by atoms with Crippen LogP contribution in [0.5, 0.6) is 0 Å². The van der Waals surface area contributed by atoms with Gasteiger partial charge in [0.1, 0.15) is 0 Å². The van der Waals surface area contributed by atoms with E-state index in [4.69, 9.17) is 0 Å². The monoisotopic (exact) mass is 460 g/mol. The zero-order chi connectivity index (χ0) is 20.0. The number of urea groups is 1. The van der Waals surface area contributed by atoms with Gasteiger partial charge >= 0.3 is 0 Å². The average Bonchev–Trinajstić information content (AvgIpc) is 2.64. The zero-order valence-electron chi connectivity index (χ0n) is 16.8. The number of aliphatic hydroxyl groups is 1. The Hall–Kier alpha value is -1.57. The summed E-state index contributed by atoms with van der Waals surface area (Å²) in [5.74, 6) is 0.415. The molecule has 8 heteroatoms. The fourth-order valence-electron chi connectivity index (χ4n) is 2.81. The van der Waals surface area contributed by atoms with E-state index in [0.717, 1.165) is 11.1 Å². The van der Waals surface area contributed by atoms with Crippen LogP contribution < -0.4 is 10.9 Å². The summed E-state index contributed by atoms with van der Waals surface area (Å²) < 4.78 is 1.25. The van der Waals surface area contributed by atoms with Gasteiger partial charge in [-0.2, -0.15) is 5.10 Å². The van der Waals surface area contributed by atoms with Crippen molar-refractivity contribution in [1.82, 2.24) is 20.0 Å². The van der Waals surface area contributed by atoms with Crippen LogP contribution in [0.15, 0.2) is 35.3 Å². The van der Waals surface area contributed by atoms with E-state index in [9.17, 15) is 14.7 Å². The largest absolute Gasteiger partial charge is 0.487 e. The van der Waals surface area contributed by atoms with Gasteiger partial charge in [0.25, 0.3) is 11.6 Å². The third-order valence-corrected chi connectivity index (χ3v) is 4.18. The third-order valence-electron chi connectivity index (χ3n) is 4.18. The van der Waals surface area contributed by atoms with Crippen LogP contribution in [0.25, 0.3) is 11.1 Å². The minimum absolute atomic E-state index is 0. The number of nitrogens with zero attached hydrogens (tertiary/aromatic N) is 3. The van der Waals surface area contributed by atoms with Crippen molar-refractivity contribution in [1.29, 1.82) is 0 Å². The van der Waals surface area contributed by atoms with E-state index < -0.39 is 0 Å². The number of benzene rings is 1. The van der Waals surface area contributed by atoms with Gasteiger partial charge in [0.2, 0.25) is 0 Å². The van der Waals surface area contributed by atoms with Gasteiger partial charge in [0, 0.05) is 58.9 Å². The van der Waals surface area contributed by atoms with Crippen molar-refractivity contribution in [2.45, 2.75) is 26.9 Å². The summed E-state index contributed by atoms with van der Waals surface area (Å²) in [6, 6.07) is 7.35. The molecule has 1 heterocycles. The number of carbonyl (C=O) groups is 1. The van der Waals surface area contributed by atoms with E-state index in [-0.39, 0.29) is 50.9 Å². The zero-order valence-corrected chi connectivity index (χ0v) is 19.7. The van der Waals surface area contributed by atoms with Gasteiger partial charge in [-0.15, -0.1) is 6.42 Å². The maximum absolute atomic E-state index is 12.4. The molecule has 1 aromatic heterocycles. The van der Waals surface area contributed by atoms with Gasteiger partial charge in [-0.05, 0) is 11.5 Å². The molecule has 0 aliphatic heterocycles. The number of nitrogens with one attached hydrogen (secondary N) is 1. The minimum Gasteiger partial charge on any atom is -0.487 e. The third kappa shape index (κ3) is 6.50. The molecule has 0 bridgehead atoms. The number of hydrogen-bond acceptors (Lipinski definition) is 4. The Balaban J connectivity index is 0.00000392. The summed E-state index contributed by atoms with van der Waals surface area (Å²) >= 11 is 0. The molecule has 0 saturated carbocycles. The summed E-state index contributed by atoms with van der Waals surface area (Å²) in [4.78, 5) is 26.0. The van der Waals surface area contributed by atoms with E-state index in [1.807, 2.05) is 24.3 Å². The molecule has 2 amide bonds. The minimum atomic E-state index is -0.249. The number of rotatable bonds is 7. The first-order valence-electron chi connectivity index (χ1n) is 8.92. The summed E-state index contributed by atoms with van der Waals surface area (Å²) in [5, 5.41) is 16.2. The summed E-state index contributed by atoms with van der Waals surface area (Å²) in [6.07, 6.45) is 2.07. The van der Waals surface area contributed by atoms with Crippen molar-refractivity contribution in [2.75, 3.05) is 13.6 Å². The second kappa shape index (κ2) is 11.4. The normalized spacial score (nSPS) is 10.5. The van der Waals surface area contributed by atoms with Gasteiger partial charge in [0.05, 0.1) is 18.4 Å². The number of aromatic nitrogens is 2. The molecule has 1 aromatic carbocycles. The Kier molecular flexibility index (Phi) is 10.00. The maximum Gasteiger partial charge on any atom is 0.287 e. The molecule has 0 unspecified atom stereocenters. The second-order valence-electron chi connectivity index (χ2n) is 6.96. The van der Waals surface area contributed by atoms with E-state index in [2.05, 4.69) is 24.3 Å². The fourth-order valence-corrected chi connectivity index (χ4v) is 2.81. The number of aryl methyl sites for hydroxylation is 1. The Morgan fingerprint density at radius 2 is 1.96 bits per heavy atom. The number of aliphatic hydroxyl groups excluding tert-OH is 1. The molecule has 2 N–H and O–H groups in total. The number of carbonyl (C=O) groups excluding carboxylic acids is 1. The molecule has 7 nitrogen and oxygen atoms in total. The van der Waals surface area contributed by atoms with Crippen LogP contribution in [0.2, 0.25) is 0 Å². The van der Waals surface area contributed by atoms with Crippen LogP contribution in [0.3, 0.4) is 0 Å². The van der Waals surface area contributed by atoms with Crippen LogP contribution in [0.4, 0.5) is 4.79 Å². The summed E-state index contributed by atoms with van der Waals surface area (Å²) in [6.45, 7) is 6.30. The van der Waals surface area contributed by atoms with Crippen molar-refractivity contribution in [3.63, 3.8) is 0 Å². The van der Waals surface area contributed by atoms with Crippen LogP contribution in [0.1, 0.15) is 25.0 Å². The number of amides is 2. The molecule has 2 rings (SSSR count). The standard InChI is InChI=1S/C20H27N4O3.Y/c1-14(2)12-23(3)20(27)21-10-9-15-5-7-16(8-6-15)18-17(13-25)11-22-24(4)19(18)26;/h5-8,10-11,14,25H,9,12-13H2,1-4H3,(H,21,27);/q-1;. The van der Waals surface area contributed by atoms with Gasteiger partial charge in [-0.25, -0.2) is 11.2 Å². The van der Waals surface area contributed by atoms with Crippen molar-refractivity contribution in [3.05, 3.63) is 58.5 Å². The molecule has 1 radical (unpaired) electrons. The predicted octanol–water partition coefficient (Wildman–Crippen LogP) is 1.94. The average molecular weight is 460 g/mol. The van der Waals surface area contributed by atoms with Crippen LogP contribution in [-0.2, 0) is 52.8 Å². The fraction of sp³-hybridized carbons (Fsp3) is 0.400. The van der Waals surface area contributed by atoms with Gasteiger partial charge < -0.3 is 15.3 Å². The Morgan fingerprint density at radius 1 is 1.32 bits per heavy atom. The van der Waals surface area contributed by atoms with Gasteiger partial charge in [-0.1, -0.05) is 43.7 Å². The van der Waals surface area contributed by atoms with Crippen molar-refractivity contribution in [2.24, 2.45) is 13.0 Å². The summed E-state index contributed by atoms with van der Waals surface area (Å²) in [7, 11) is 3.35. The van der Waals surface area contributed by atoms with Gasteiger partial charge in [0.15, 0.2) is 0 Å². The van der Waals surface area contributed by atoms with Crippen molar-refractivity contribution in [3.8, 4) is 11.1 Å². The Bertz CT molecular complexity index is 834. The molecule has 0 atom stereocenters. The summed E-state index contributed by atoms with van der Waals surface area (Å²) in [5.41, 5.74) is 2.43. The Labute approximate surface area is 191 Å². The first kappa shape index (κ1) is 24.5. The molecule has 0 saturated heterocycles. The SMILES string of the molecule is CC(C)CN(C)C(=O)N[CH-]Cc1ccc(-c2c(CO)cnn(C)c2=O)cc1.[Y]. The Morgan fingerprint density at radius 3 is 2.54 bits per heavy atom. The van der Waals surface area contributed by atoms with Crippen LogP contribution in [-0.4, -0.2) is 39.4 Å². The topological polar surface area (TPSA) is 87.5 Å². The first-order valence-corrected chi connectivity index (χ1v) is 8.92. The van der Waals surface area contributed by atoms with E-state index in [1.54, 1.807) is 25.5 Å². The van der Waals surface area contributed by atoms with Gasteiger partial charge in [-0.3, -0.25) is 9.59 Å². The molecule has 28 heavy (non-hydrogen) atoms. The van der Waals surface area contributed by atoms with E-state index in [1.165, 1.54) is 10.9 Å². The van der Waals surface area contributed by atoms with E-state index >= 15 is 0 Å². The molecular weight excluding hydrogens is 433 g/mol. The van der Waals surface area contributed by atoms with Crippen molar-refractivity contribution >= 4 is 6.03 Å². The maximum atomic E-state index is 12.4. The second-order valence-corrected chi connectivity index (χ2v) is 6.96. The molecule has 0 aliphatic rings. The van der Waals surface area contributed by atoms with E-state index in [0.29, 0.717) is 30.0 Å². The number of hydrogen-bond donors (Lipinski definition) is 2.